The molecule has 0 fully saturated rings. The van der Waals surface area contributed by atoms with Crippen molar-refractivity contribution in [3.05, 3.63) is 59.7 Å². The number of aromatic carboxylic acids is 1. The van der Waals surface area contributed by atoms with Crippen LogP contribution in [0.4, 0.5) is 0 Å². The van der Waals surface area contributed by atoms with Crippen LogP contribution in [0.25, 0.3) is 0 Å². The van der Waals surface area contributed by atoms with E-state index in [0.29, 0.717) is 11.5 Å². The van der Waals surface area contributed by atoms with Crippen LogP contribution < -0.4 is 4.74 Å². The van der Waals surface area contributed by atoms with Gasteiger partial charge in [0.25, 0.3) is 0 Å². The molecule has 3 heteroatoms. The van der Waals surface area contributed by atoms with Gasteiger partial charge in [0.1, 0.15) is 17.1 Å². The first-order valence-corrected chi connectivity index (χ1v) is 8.80. The van der Waals surface area contributed by atoms with Gasteiger partial charge in [-0.15, -0.1) is 0 Å². The number of aryl methyl sites for hydroxylation is 1. The average molecular weight is 326 g/mol. The van der Waals surface area contributed by atoms with Gasteiger partial charge in [0.15, 0.2) is 0 Å². The number of ether oxygens (including phenoxy) is 1. The highest BCUT2D eigenvalue weighted by Gasteiger charge is 2.10. The molecule has 0 saturated carbocycles. The van der Waals surface area contributed by atoms with E-state index in [2.05, 4.69) is 19.1 Å². The Hall–Kier alpha value is -2.29. The molecule has 2 rings (SSSR count). The Morgan fingerprint density at radius 1 is 0.917 bits per heavy atom. The lowest BCUT2D eigenvalue weighted by atomic mass is 10.0. The van der Waals surface area contributed by atoms with Crippen LogP contribution in [0, 0.1) is 0 Å². The van der Waals surface area contributed by atoms with Crippen molar-refractivity contribution in [2.75, 3.05) is 0 Å². The summed E-state index contributed by atoms with van der Waals surface area (Å²) in [6.45, 7) is 2.23. The van der Waals surface area contributed by atoms with Gasteiger partial charge in [-0.2, -0.15) is 0 Å². The summed E-state index contributed by atoms with van der Waals surface area (Å²) in [5.74, 6) is 0.0503. The van der Waals surface area contributed by atoms with Crippen LogP contribution in [0.1, 0.15) is 61.4 Å². The molecule has 0 heterocycles. The molecule has 0 unspecified atom stereocenters. The van der Waals surface area contributed by atoms with Crippen molar-refractivity contribution in [3.8, 4) is 11.5 Å². The van der Waals surface area contributed by atoms with E-state index in [9.17, 15) is 9.90 Å². The van der Waals surface area contributed by atoms with Crippen LogP contribution in [-0.4, -0.2) is 11.1 Å². The third kappa shape index (κ3) is 5.73. The van der Waals surface area contributed by atoms with Crippen LogP contribution in [0.3, 0.4) is 0 Å². The zero-order valence-corrected chi connectivity index (χ0v) is 14.3. The fourth-order valence-corrected chi connectivity index (χ4v) is 2.69. The molecule has 0 amide bonds. The predicted octanol–water partition coefficient (Wildman–Crippen LogP) is 6.08. The molecular weight excluding hydrogens is 300 g/mol. The van der Waals surface area contributed by atoms with Crippen LogP contribution in [0.2, 0.25) is 0 Å². The van der Waals surface area contributed by atoms with Gasteiger partial charge >= 0.3 is 5.97 Å². The van der Waals surface area contributed by atoms with Crippen LogP contribution in [0.5, 0.6) is 11.5 Å². The summed E-state index contributed by atoms with van der Waals surface area (Å²) in [7, 11) is 0. The topological polar surface area (TPSA) is 46.5 Å². The quantitative estimate of drug-likeness (QED) is 0.538. The van der Waals surface area contributed by atoms with Crippen molar-refractivity contribution in [1.29, 1.82) is 0 Å². The first kappa shape index (κ1) is 18.1. The highest BCUT2D eigenvalue weighted by atomic mass is 16.5. The highest BCUT2D eigenvalue weighted by molar-refractivity contribution is 5.90. The molecule has 128 valence electrons. The molecule has 0 saturated heterocycles. The number of hydrogen-bond acceptors (Lipinski definition) is 2. The summed E-state index contributed by atoms with van der Waals surface area (Å²) in [5.41, 5.74) is 1.47. The Morgan fingerprint density at radius 2 is 1.58 bits per heavy atom. The third-order valence-electron chi connectivity index (χ3n) is 4.09. The molecule has 24 heavy (non-hydrogen) atoms. The van der Waals surface area contributed by atoms with Gasteiger partial charge in [-0.1, -0.05) is 63.3 Å². The third-order valence-corrected chi connectivity index (χ3v) is 4.09. The molecule has 0 aliphatic heterocycles. The largest absolute Gasteiger partial charge is 0.478 e. The zero-order valence-electron chi connectivity index (χ0n) is 14.3. The Labute approximate surface area is 144 Å². The smallest absolute Gasteiger partial charge is 0.339 e. The maximum Gasteiger partial charge on any atom is 0.339 e. The van der Waals surface area contributed by atoms with Gasteiger partial charge in [0, 0.05) is 0 Å². The molecule has 0 aromatic heterocycles. The first-order valence-electron chi connectivity index (χ1n) is 8.80. The monoisotopic (exact) mass is 326 g/mol. The lowest BCUT2D eigenvalue weighted by Gasteiger charge is -2.09. The number of carbonyl (C=O) groups is 1. The van der Waals surface area contributed by atoms with E-state index in [1.54, 1.807) is 24.3 Å². The van der Waals surface area contributed by atoms with Gasteiger partial charge in [-0.3, -0.25) is 0 Å². The number of hydrogen-bond donors (Lipinski definition) is 1. The second kappa shape index (κ2) is 9.76. The minimum Gasteiger partial charge on any atom is -0.478 e. The standard InChI is InChI=1S/C21H26O3/c1-2-3-4-5-6-7-10-17-13-15-18(16-14-17)24-20-12-9-8-11-19(20)21(22)23/h8-9,11-16H,2-7,10H2,1H3,(H,22,23). The number of unbranched alkanes of at least 4 members (excludes halogenated alkanes) is 5. The van der Waals surface area contributed by atoms with Gasteiger partial charge < -0.3 is 9.84 Å². The summed E-state index contributed by atoms with van der Waals surface area (Å²) < 4.78 is 5.71. The molecule has 0 spiro atoms. The SMILES string of the molecule is CCCCCCCCc1ccc(Oc2ccccc2C(=O)O)cc1. The number of carboxylic acids is 1. The lowest BCUT2D eigenvalue weighted by molar-refractivity contribution is 0.0694. The second-order valence-corrected chi connectivity index (χ2v) is 6.07. The Balaban J connectivity index is 1.85. The number of para-hydroxylation sites is 1. The predicted molar refractivity (Wildman–Crippen MR) is 97.0 cm³/mol. The van der Waals surface area contributed by atoms with Crippen molar-refractivity contribution in [1.82, 2.24) is 0 Å². The number of rotatable bonds is 10. The summed E-state index contributed by atoms with van der Waals surface area (Å²) in [5, 5.41) is 9.18. The van der Waals surface area contributed by atoms with E-state index < -0.39 is 5.97 Å². The Bertz CT molecular complexity index is 632. The van der Waals surface area contributed by atoms with E-state index >= 15 is 0 Å². The van der Waals surface area contributed by atoms with Gasteiger partial charge in [0.05, 0.1) is 0 Å². The molecule has 0 aliphatic carbocycles. The zero-order chi connectivity index (χ0) is 17.2. The normalized spacial score (nSPS) is 10.5. The Kier molecular flexibility index (Phi) is 7.34. The first-order chi connectivity index (χ1) is 11.7. The van der Waals surface area contributed by atoms with E-state index in [-0.39, 0.29) is 5.56 Å². The highest BCUT2D eigenvalue weighted by Crippen LogP contribution is 2.25. The van der Waals surface area contributed by atoms with E-state index in [0.717, 1.165) is 6.42 Å². The molecule has 0 aliphatic rings. The molecular formula is C21H26O3. The molecule has 3 nitrogen and oxygen atoms in total. The molecule has 0 atom stereocenters. The van der Waals surface area contributed by atoms with Gasteiger partial charge in [-0.25, -0.2) is 4.79 Å². The molecule has 2 aromatic carbocycles. The van der Waals surface area contributed by atoms with Crippen LogP contribution in [0.15, 0.2) is 48.5 Å². The van der Waals surface area contributed by atoms with E-state index in [1.165, 1.54) is 44.1 Å². The summed E-state index contributed by atoms with van der Waals surface area (Å²) >= 11 is 0. The lowest BCUT2D eigenvalue weighted by Crippen LogP contribution is -1.99. The van der Waals surface area contributed by atoms with Crippen LogP contribution in [-0.2, 0) is 6.42 Å². The average Bonchev–Trinajstić information content (AvgIpc) is 2.60. The fraction of sp³-hybridized carbons (Fsp3) is 0.381. The summed E-state index contributed by atoms with van der Waals surface area (Å²) in [6.07, 6.45) is 8.86. The summed E-state index contributed by atoms with van der Waals surface area (Å²) in [6, 6.07) is 14.6. The number of carboxylic acid groups (broad SMARTS) is 1. The number of benzene rings is 2. The molecule has 2 aromatic rings. The summed E-state index contributed by atoms with van der Waals surface area (Å²) in [4.78, 5) is 11.2. The maximum atomic E-state index is 11.2. The molecule has 1 N–H and O–H groups in total. The fourth-order valence-electron chi connectivity index (χ4n) is 2.69. The van der Waals surface area contributed by atoms with Gasteiger partial charge in [-0.05, 0) is 42.7 Å². The van der Waals surface area contributed by atoms with E-state index in [1.807, 2.05) is 12.1 Å². The minimum atomic E-state index is -0.981. The van der Waals surface area contributed by atoms with E-state index in [4.69, 9.17) is 4.74 Å². The minimum absolute atomic E-state index is 0.175. The van der Waals surface area contributed by atoms with Crippen LogP contribution >= 0.6 is 0 Å². The van der Waals surface area contributed by atoms with Crippen molar-refractivity contribution in [3.63, 3.8) is 0 Å². The van der Waals surface area contributed by atoms with Crippen molar-refractivity contribution in [2.45, 2.75) is 51.9 Å². The van der Waals surface area contributed by atoms with Gasteiger partial charge in [0.2, 0.25) is 0 Å². The second-order valence-electron chi connectivity index (χ2n) is 6.07. The van der Waals surface area contributed by atoms with Crippen molar-refractivity contribution in [2.24, 2.45) is 0 Å². The Morgan fingerprint density at radius 3 is 2.29 bits per heavy atom. The molecule has 0 bridgehead atoms. The molecule has 0 radical (unpaired) electrons. The van der Waals surface area contributed by atoms with Crippen molar-refractivity contribution >= 4 is 5.97 Å². The maximum absolute atomic E-state index is 11.2. The van der Waals surface area contributed by atoms with Crippen molar-refractivity contribution < 1.29 is 14.6 Å².